The summed E-state index contributed by atoms with van der Waals surface area (Å²) in [5.74, 6) is 0.902. The van der Waals surface area contributed by atoms with Gasteiger partial charge in [0.05, 0.1) is 0 Å². The minimum Gasteiger partial charge on any atom is -0.308 e. The van der Waals surface area contributed by atoms with Crippen LogP contribution in [-0.2, 0) is 0 Å². The molecule has 2 aliphatic carbocycles. The fourth-order valence-electron chi connectivity index (χ4n) is 5.02. The lowest BCUT2D eigenvalue weighted by Gasteiger charge is -2.52. The smallest absolute Gasteiger partial charge is 0.0309 e. The second kappa shape index (κ2) is 6.36. The molecule has 3 fully saturated rings. The molecule has 0 aromatic rings. The van der Waals surface area contributed by atoms with Crippen molar-refractivity contribution < 1.29 is 0 Å². The molecule has 3 rings (SSSR count). The first-order chi connectivity index (χ1) is 9.70. The van der Waals surface area contributed by atoms with Crippen LogP contribution in [-0.4, -0.2) is 35.6 Å². The Morgan fingerprint density at radius 3 is 2.40 bits per heavy atom. The molecule has 1 saturated heterocycles. The third-order valence-electron chi connectivity index (χ3n) is 6.38. The average molecular weight is 278 g/mol. The van der Waals surface area contributed by atoms with E-state index in [1.165, 1.54) is 77.3 Å². The predicted octanol–water partition coefficient (Wildman–Crippen LogP) is 3.95. The van der Waals surface area contributed by atoms with E-state index in [1.54, 1.807) is 0 Å². The lowest BCUT2D eigenvalue weighted by molar-refractivity contribution is 0.0108. The Labute approximate surface area is 125 Å². The molecule has 3 aliphatic rings. The van der Waals surface area contributed by atoms with Crippen molar-refractivity contribution in [1.29, 1.82) is 0 Å². The van der Waals surface area contributed by atoms with Crippen molar-refractivity contribution in [2.45, 2.75) is 95.7 Å². The Morgan fingerprint density at radius 2 is 1.60 bits per heavy atom. The molecule has 0 aromatic carbocycles. The van der Waals surface area contributed by atoms with Crippen LogP contribution in [0.5, 0.6) is 0 Å². The molecule has 0 amide bonds. The van der Waals surface area contributed by atoms with Crippen LogP contribution in [0, 0.1) is 5.92 Å². The molecule has 0 aromatic heterocycles. The van der Waals surface area contributed by atoms with Gasteiger partial charge in [-0.3, -0.25) is 4.90 Å². The number of nitrogens with one attached hydrogen (secondary N) is 1. The second-order valence-corrected chi connectivity index (χ2v) is 7.93. The largest absolute Gasteiger partial charge is 0.308 e. The lowest BCUT2D eigenvalue weighted by atomic mass is 9.78. The molecule has 3 atom stereocenters. The van der Waals surface area contributed by atoms with Gasteiger partial charge in [-0.1, -0.05) is 45.4 Å². The topological polar surface area (TPSA) is 15.3 Å². The van der Waals surface area contributed by atoms with Gasteiger partial charge in [-0.2, -0.15) is 0 Å². The van der Waals surface area contributed by atoms with E-state index in [9.17, 15) is 0 Å². The zero-order valence-corrected chi connectivity index (χ0v) is 13.7. The van der Waals surface area contributed by atoms with E-state index in [1.807, 2.05) is 0 Å². The van der Waals surface area contributed by atoms with Gasteiger partial charge in [0, 0.05) is 30.7 Å². The first-order valence-electron chi connectivity index (χ1n) is 9.21. The molecule has 1 spiro atoms. The Kier molecular flexibility index (Phi) is 4.72. The minimum atomic E-state index is 0.469. The van der Waals surface area contributed by atoms with E-state index in [4.69, 9.17) is 0 Å². The third kappa shape index (κ3) is 3.06. The summed E-state index contributed by atoms with van der Waals surface area (Å²) in [5, 5.41) is 3.94. The molecule has 0 radical (unpaired) electrons. The summed E-state index contributed by atoms with van der Waals surface area (Å²) in [5.41, 5.74) is 0.469. The van der Waals surface area contributed by atoms with Crippen molar-refractivity contribution in [3.05, 3.63) is 0 Å². The Morgan fingerprint density at radius 1 is 0.900 bits per heavy atom. The summed E-state index contributed by atoms with van der Waals surface area (Å²) in [6.45, 7) is 7.49. The molecule has 2 nitrogen and oxygen atoms in total. The summed E-state index contributed by atoms with van der Waals surface area (Å²) in [4.78, 5) is 2.91. The van der Waals surface area contributed by atoms with Gasteiger partial charge in [0.15, 0.2) is 0 Å². The van der Waals surface area contributed by atoms with E-state index in [0.717, 1.165) is 18.0 Å². The Balaban J connectivity index is 1.72. The fraction of sp³-hybridized carbons (Fsp3) is 1.00. The maximum Gasteiger partial charge on any atom is 0.0309 e. The Bertz CT molecular complexity index is 309. The van der Waals surface area contributed by atoms with Gasteiger partial charge in [-0.05, 0) is 38.5 Å². The number of nitrogens with zero attached hydrogens (tertiary/aromatic N) is 1. The zero-order valence-electron chi connectivity index (χ0n) is 13.7. The highest BCUT2D eigenvalue weighted by Gasteiger charge is 2.41. The van der Waals surface area contributed by atoms with Gasteiger partial charge in [0.2, 0.25) is 0 Å². The summed E-state index contributed by atoms with van der Waals surface area (Å²) in [6, 6.07) is 1.58. The predicted molar refractivity (Wildman–Crippen MR) is 86.0 cm³/mol. The van der Waals surface area contributed by atoms with E-state index in [-0.39, 0.29) is 0 Å². The molecule has 1 aliphatic heterocycles. The monoisotopic (exact) mass is 278 g/mol. The summed E-state index contributed by atoms with van der Waals surface area (Å²) in [7, 11) is 0. The molecule has 2 heteroatoms. The van der Waals surface area contributed by atoms with E-state index in [2.05, 4.69) is 24.1 Å². The van der Waals surface area contributed by atoms with Crippen molar-refractivity contribution in [2.24, 2.45) is 5.92 Å². The van der Waals surface area contributed by atoms with Crippen molar-refractivity contribution in [3.63, 3.8) is 0 Å². The van der Waals surface area contributed by atoms with Crippen LogP contribution < -0.4 is 5.32 Å². The van der Waals surface area contributed by atoms with Crippen LogP contribution in [0.1, 0.15) is 78.1 Å². The highest BCUT2D eigenvalue weighted by molar-refractivity contribution is 5.01. The van der Waals surface area contributed by atoms with E-state index < -0.39 is 0 Å². The lowest BCUT2D eigenvalue weighted by Crippen LogP contribution is -2.66. The highest BCUT2D eigenvalue weighted by atomic mass is 15.3. The van der Waals surface area contributed by atoms with Gasteiger partial charge in [-0.25, -0.2) is 0 Å². The van der Waals surface area contributed by atoms with Crippen LogP contribution in [0.25, 0.3) is 0 Å². The van der Waals surface area contributed by atoms with Gasteiger partial charge in [0.1, 0.15) is 0 Å². The number of rotatable bonds is 1. The zero-order chi connectivity index (χ0) is 14.0. The number of hydrogen-bond donors (Lipinski definition) is 1. The van der Waals surface area contributed by atoms with E-state index >= 15 is 0 Å². The average Bonchev–Trinajstić information content (AvgIpc) is 2.68. The molecule has 0 bridgehead atoms. The third-order valence-corrected chi connectivity index (χ3v) is 6.38. The molecular weight excluding hydrogens is 244 g/mol. The van der Waals surface area contributed by atoms with Gasteiger partial charge >= 0.3 is 0 Å². The molecular formula is C18H34N2. The van der Waals surface area contributed by atoms with Crippen LogP contribution >= 0.6 is 0 Å². The van der Waals surface area contributed by atoms with Crippen LogP contribution in [0.2, 0.25) is 0 Å². The quantitative estimate of drug-likeness (QED) is 0.731. The van der Waals surface area contributed by atoms with Crippen molar-refractivity contribution >= 4 is 0 Å². The van der Waals surface area contributed by atoms with Crippen LogP contribution in [0.3, 0.4) is 0 Å². The van der Waals surface area contributed by atoms with E-state index in [0.29, 0.717) is 5.54 Å². The van der Waals surface area contributed by atoms with Crippen molar-refractivity contribution in [3.8, 4) is 0 Å². The summed E-state index contributed by atoms with van der Waals surface area (Å²) < 4.78 is 0. The van der Waals surface area contributed by atoms with Crippen LogP contribution in [0.4, 0.5) is 0 Å². The first kappa shape index (κ1) is 14.8. The highest BCUT2D eigenvalue weighted by Crippen LogP contribution is 2.36. The molecule has 1 heterocycles. The van der Waals surface area contributed by atoms with Crippen LogP contribution in [0.15, 0.2) is 0 Å². The Hall–Kier alpha value is -0.0800. The molecule has 3 unspecified atom stereocenters. The normalized spacial score (nSPS) is 39.6. The minimum absolute atomic E-state index is 0.469. The standard InChI is InChI=1S/C18H34N2/c1-15-9-5-3-6-10-17(15)20-14-18(19-13-16(20)2)11-7-4-8-12-18/h15-17,19H,3-14H2,1-2H3. The molecule has 1 N–H and O–H groups in total. The van der Waals surface area contributed by atoms with Crippen molar-refractivity contribution in [1.82, 2.24) is 10.2 Å². The maximum absolute atomic E-state index is 3.94. The molecule has 2 saturated carbocycles. The van der Waals surface area contributed by atoms with Crippen molar-refractivity contribution in [2.75, 3.05) is 13.1 Å². The summed E-state index contributed by atoms with van der Waals surface area (Å²) >= 11 is 0. The maximum atomic E-state index is 3.94. The first-order valence-corrected chi connectivity index (χ1v) is 9.21. The van der Waals surface area contributed by atoms with Gasteiger partial charge in [-0.15, -0.1) is 0 Å². The molecule has 116 valence electrons. The second-order valence-electron chi connectivity index (χ2n) is 7.93. The summed E-state index contributed by atoms with van der Waals surface area (Å²) in [6.07, 6.45) is 14.4. The molecule has 20 heavy (non-hydrogen) atoms. The number of piperazine rings is 1. The number of hydrogen-bond acceptors (Lipinski definition) is 2. The SMILES string of the molecule is CC1CCCCCC1N1CC2(CCCCC2)NCC1C. The fourth-order valence-corrected chi connectivity index (χ4v) is 5.02. The van der Waals surface area contributed by atoms with Gasteiger partial charge in [0.25, 0.3) is 0 Å². The van der Waals surface area contributed by atoms with Gasteiger partial charge < -0.3 is 5.32 Å².